The molecule has 0 heterocycles. The predicted molar refractivity (Wildman–Crippen MR) is 62.9 cm³/mol. The Balaban J connectivity index is 3.52. The Hall–Kier alpha value is -1.24. The summed E-state index contributed by atoms with van der Waals surface area (Å²) in [5.41, 5.74) is 5.35. The number of hydrogen-bond donors (Lipinski definition) is 5. The Morgan fingerprint density at radius 2 is 1.83 bits per heavy atom. The van der Waals surface area contributed by atoms with Crippen LogP contribution in [0.15, 0.2) is 30.3 Å². The molecule has 18 heavy (non-hydrogen) atoms. The minimum atomic E-state index is -4.99. The van der Waals surface area contributed by atoms with Crippen LogP contribution in [-0.4, -0.2) is 38.6 Å². The van der Waals surface area contributed by atoms with E-state index in [0.717, 1.165) is 0 Å². The van der Waals surface area contributed by atoms with Gasteiger partial charge in [0.05, 0.1) is 6.61 Å². The third-order valence-electron chi connectivity index (χ3n) is 2.82. The molecular weight excluding hydrogens is 261 g/mol. The summed E-state index contributed by atoms with van der Waals surface area (Å²) in [4.78, 5) is 29.8. The van der Waals surface area contributed by atoms with E-state index < -0.39 is 31.4 Å². The maximum Gasteiger partial charge on any atom is 0.340 e. The largest absolute Gasteiger partial charge is 0.480 e. The fourth-order valence-electron chi connectivity index (χ4n) is 1.74. The molecule has 100 valence electrons. The van der Waals surface area contributed by atoms with Crippen molar-refractivity contribution in [2.45, 2.75) is 11.2 Å². The molecule has 2 unspecified atom stereocenters. The van der Waals surface area contributed by atoms with Crippen LogP contribution in [0, 0.1) is 0 Å². The van der Waals surface area contributed by atoms with E-state index in [4.69, 9.17) is 10.8 Å². The molecule has 0 fully saturated rings. The number of carbonyl (C=O) groups is 1. The number of benzene rings is 1. The lowest BCUT2D eigenvalue weighted by Crippen LogP contribution is -2.52. The SMILES string of the molecule is NC(C(=O)O)C(CO)(c1ccccc1)P(=O)(O)O. The van der Waals surface area contributed by atoms with Gasteiger partial charge in [0, 0.05) is 0 Å². The zero-order valence-electron chi connectivity index (χ0n) is 9.30. The van der Waals surface area contributed by atoms with E-state index in [1.807, 2.05) is 0 Å². The van der Waals surface area contributed by atoms with Gasteiger partial charge in [-0.3, -0.25) is 9.36 Å². The van der Waals surface area contributed by atoms with Gasteiger partial charge in [-0.05, 0) is 5.56 Å². The van der Waals surface area contributed by atoms with Crippen molar-refractivity contribution in [3.63, 3.8) is 0 Å². The molecule has 0 aliphatic carbocycles. The fraction of sp³-hybridized carbons (Fsp3) is 0.300. The molecular formula is C10H14NO6P. The van der Waals surface area contributed by atoms with Crippen LogP contribution in [0.2, 0.25) is 0 Å². The summed E-state index contributed by atoms with van der Waals surface area (Å²) < 4.78 is 11.6. The van der Waals surface area contributed by atoms with Crippen molar-refractivity contribution in [2.75, 3.05) is 6.61 Å². The zero-order chi connectivity index (χ0) is 14.0. The normalized spacial score (nSPS) is 16.9. The second kappa shape index (κ2) is 5.17. The number of nitrogens with two attached hydrogens (primary N) is 1. The molecule has 7 nitrogen and oxygen atoms in total. The Labute approximate surface area is 103 Å². The standard InChI is InChI=1S/C10H14NO6P/c11-8(9(13)14)10(6-12,18(15,16)17)7-4-2-1-3-5-7/h1-5,8,12H,6,11H2,(H,13,14)(H2,15,16,17). The monoisotopic (exact) mass is 275 g/mol. The molecule has 1 rings (SSSR count). The van der Waals surface area contributed by atoms with Crippen molar-refractivity contribution in [2.24, 2.45) is 5.73 Å². The van der Waals surface area contributed by atoms with Gasteiger partial charge in [-0.2, -0.15) is 0 Å². The van der Waals surface area contributed by atoms with Crippen molar-refractivity contribution in [1.29, 1.82) is 0 Å². The van der Waals surface area contributed by atoms with Crippen molar-refractivity contribution in [1.82, 2.24) is 0 Å². The maximum absolute atomic E-state index is 11.6. The first-order chi connectivity index (χ1) is 8.27. The maximum atomic E-state index is 11.6. The summed E-state index contributed by atoms with van der Waals surface area (Å²) in [6.07, 6.45) is 0. The average Bonchev–Trinajstić information content (AvgIpc) is 2.30. The molecule has 0 amide bonds. The first-order valence-corrected chi connectivity index (χ1v) is 6.59. The summed E-state index contributed by atoms with van der Waals surface area (Å²) in [5, 5.41) is 15.9. The van der Waals surface area contributed by atoms with Gasteiger partial charge in [-0.25, -0.2) is 0 Å². The Morgan fingerprint density at radius 1 is 1.33 bits per heavy atom. The van der Waals surface area contributed by atoms with Crippen LogP contribution < -0.4 is 5.73 Å². The summed E-state index contributed by atoms with van der Waals surface area (Å²) in [6, 6.07) is 5.26. The van der Waals surface area contributed by atoms with E-state index in [1.54, 1.807) is 6.07 Å². The molecule has 0 saturated heterocycles. The van der Waals surface area contributed by atoms with Crippen LogP contribution in [0.25, 0.3) is 0 Å². The van der Waals surface area contributed by atoms with E-state index in [1.165, 1.54) is 24.3 Å². The molecule has 0 spiro atoms. The Morgan fingerprint density at radius 3 is 2.17 bits per heavy atom. The number of carboxylic acid groups (broad SMARTS) is 1. The lowest BCUT2D eigenvalue weighted by molar-refractivity contribution is -0.140. The molecule has 0 radical (unpaired) electrons. The molecule has 1 aromatic rings. The van der Waals surface area contributed by atoms with Crippen molar-refractivity contribution >= 4 is 13.6 Å². The summed E-state index contributed by atoms with van der Waals surface area (Å²) >= 11 is 0. The van der Waals surface area contributed by atoms with Gasteiger partial charge >= 0.3 is 13.6 Å². The summed E-state index contributed by atoms with van der Waals surface area (Å²) in [5.74, 6) is -1.60. The Kier molecular flexibility index (Phi) is 4.26. The highest BCUT2D eigenvalue weighted by Crippen LogP contribution is 2.58. The quantitative estimate of drug-likeness (QED) is 0.454. The molecule has 6 N–H and O–H groups in total. The van der Waals surface area contributed by atoms with Crippen LogP contribution in [0.3, 0.4) is 0 Å². The lowest BCUT2D eigenvalue weighted by Gasteiger charge is -2.35. The number of hydrogen-bond acceptors (Lipinski definition) is 4. The summed E-state index contributed by atoms with van der Waals surface area (Å²) in [6.45, 7) is -1.07. The topological polar surface area (TPSA) is 141 Å². The van der Waals surface area contributed by atoms with Gasteiger partial charge in [0.15, 0.2) is 0 Å². The molecule has 1 aromatic carbocycles. The highest BCUT2D eigenvalue weighted by atomic mass is 31.2. The molecule has 0 aromatic heterocycles. The smallest absolute Gasteiger partial charge is 0.340 e. The molecule has 2 atom stereocenters. The fourth-order valence-corrected chi connectivity index (χ4v) is 2.88. The minimum Gasteiger partial charge on any atom is -0.480 e. The van der Waals surface area contributed by atoms with Crippen LogP contribution in [0.5, 0.6) is 0 Å². The Bertz CT molecular complexity index is 473. The number of carboxylic acids is 1. The van der Waals surface area contributed by atoms with E-state index in [0.29, 0.717) is 0 Å². The van der Waals surface area contributed by atoms with Crippen molar-refractivity contribution in [3.05, 3.63) is 35.9 Å². The second-order valence-electron chi connectivity index (χ2n) is 3.81. The first-order valence-electron chi connectivity index (χ1n) is 4.98. The van der Waals surface area contributed by atoms with Gasteiger partial charge in [-0.15, -0.1) is 0 Å². The number of rotatable bonds is 5. The number of aliphatic carboxylic acids is 1. The van der Waals surface area contributed by atoms with Gasteiger partial charge in [-0.1, -0.05) is 30.3 Å². The highest BCUT2D eigenvalue weighted by molar-refractivity contribution is 7.53. The van der Waals surface area contributed by atoms with Crippen LogP contribution in [-0.2, 0) is 14.5 Å². The zero-order valence-corrected chi connectivity index (χ0v) is 10.2. The predicted octanol–water partition coefficient (Wildman–Crippen LogP) is -0.536. The van der Waals surface area contributed by atoms with Gasteiger partial charge in [0.2, 0.25) is 0 Å². The van der Waals surface area contributed by atoms with Gasteiger partial charge in [0.1, 0.15) is 11.2 Å². The lowest BCUT2D eigenvalue weighted by atomic mass is 9.91. The number of aliphatic hydroxyl groups is 1. The second-order valence-corrected chi connectivity index (χ2v) is 5.69. The van der Waals surface area contributed by atoms with Crippen LogP contribution in [0.4, 0.5) is 0 Å². The molecule has 0 aliphatic heterocycles. The van der Waals surface area contributed by atoms with E-state index in [9.17, 15) is 24.3 Å². The molecule has 0 aliphatic rings. The van der Waals surface area contributed by atoms with Crippen molar-refractivity contribution < 1.29 is 29.4 Å². The molecule has 0 saturated carbocycles. The molecule has 0 bridgehead atoms. The van der Waals surface area contributed by atoms with E-state index in [-0.39, 0.29) is 5.56 Å². The molecule has 8 heteroatoms. The highest BCUT2D eigenvalue weighted by Gasteiger charge is 2.55. The van der Waals surface area contributed by atoms with Crippen LogP contribution >= 0.6 is 7.60 Å². The van der Waals surface area contributed by atoms with Gasteiger partial charge < -0.3 is 25.7 Å². The first kappa shape index (κ1) is 14.8. The van der Waals surface area contributed by atoms with Gasteiger partial charge in [0.25, 0.3) is 0 Å². The summed E-state index contributed by atoms with van der Waals surface area (Å²) in [7, 11) is -4.99. The van der Waals surface area contributed by atoms with Crippen molar-refractivity contribution in [3.8, 4) is 0 Å². The number of aliphatic hydroxyl groups excluding tert-OH is 1. The van der Waals surface area contributed by atoms with Crippen LogP contribution in [0.1, 0.15) is 5.56 Å². The average molecular weight is 275 g/mol. The minimum absolute atomic E-state index is 0.0178. The van der Waals surface area contributed by atoms with E-state index >= 15 is 0 Å². The third kappa shape index (κ3) is 2.31. The third-order valence-corrected chi connectivity index (χ3v) is 4.53. The van der Waals surface area contributed by atoms with E-state index in [2.05, 4.69) is 0 Å².